The largest absolute Gasteiger partial charge is 0.491 e. The maximum Gasteiger partial charge on any atom is 0.335 e. The molecule has 0 amide bonds. The molecule has 1 aliphatic carbocycles. The average Bonchev–Trinajstić information content (AvgIpc) is 3.16. The van der Waals surface area contributed by atoms with E-state index in [-0.39, 0.29) is 12.1 Å². The number of ether oxygens (including phenoxy) is 4. The van der Waals surface area contributed by atoms with E-state index in [1.165, 1.54) is 16.7 Å². The fraction of sp³-hybridized carbons (Fsp3) is 0.270. The predicted octanol–water partition coefficient (Wildman–Crippen LogP) is 7.84. The van der Waals surface area contributed by atoms with Gasteiger partial charge < -0.3 is 18.9 Å². The van der Waals surface area contributed by atoms with Crippen LogP contribution in [0, 0.1) is 6.92 Å². The Bertz CT molecular complexity index is 1510. The molecule has 0 N–H and O–H groups in total. The Balaban J connectivity index is 1.27. The van der Waals surface area contributed by atoms with Crippen LogP contribution in [0.25, 0.3) is 23.3 Å². The Morgan fingerprint density at radius 3 is 2.31 bits per heavy atom. The molecule has 4 aromatic rings. The van der Waals surface area contributed by atoms with Crippen LogP contribution in [0.1, 0.15) is 53.3 Å². The summed E-state index contributed by atoms with van der Waals surface area (Å²) < 4.78 is 23.4. The van der Waals surface area contributed by atoms with Gasteiger partial charge in [-0.05, 0) is 77.9 Å². The Morgan fingerprint density at radius 1 is 0.762 bits per heavy atom. The molecule has 0 aliphatic heterocycles. The standard InChI is InChI=1S/C37H38O5/c1-4-39-35(37(38)40-5-2)24-27-12-18-32(19-13-27)41-21-22-42-36-33-20-11-26(3)23-31(33)17-15-29-14-16-30(25-34(29)36)28-9-7-6-8-10-28/h6-20,23,25,35-36H,4-5,21-22,24H2,1-3H3. The van der Waals surface area contributed by atoms with Crippen LogP contribution in [0.15, 0.2) is 91.0 Å². The van der Waals surface area contributed by atoms with E-state index in [1.807, 2.05) is 37.3 Å². The van der Waals surface area contributed by atoms with E-state index in [1.54, 1.807) is 6.92 Å². The van der Waals surface area contributed by atoms with Crippen LogP contribution in [0.2, 0.25) is 0 Å². The number of fused-ring (bicyclic) bond motifs is 2. The molecule has 1 aliphatic rings. The van der Waals surface area contributed by atoms with Crippen molar-refractivity contribution in [1.82, 2.24) is 0 Å². The van der Waals surface area contributed by atoms with Crippen molar-refractivity contribution in [3.8, 4) is 16.9 Å². The van der Waals surface area contributed by atoms with Crippen molar-refractivity contribution >= 4 is 18.1 Å². The first-order valence-electron chi connectivity index (χ1n) is 14.6. The zero-order chi connectivity index (χ0) is 29.3. The number of esters is 1. The van der Waals surface area contributed by atoms with Crippen molar-refractivity contribution < 1.29 is 23.7 Å². The first kappa shape index (κ1) is 29.3. The summed E-state index contributed by atoms with van der Waals surface area (Å²) in [5.41, 5.74) is 9.15. The van der Waals surface area contributed by atoms with Gasteiger partial charge in [-0.2, -0.15) is 0 Å². The highest BCUT2D eigenvalue weighted by atomic mass is 16.6. The number of benzene rings is 4. The summed E-state index contributed by atoms with van der Waals surface area (Å²) in [5, 5.41) is 0. The Morgan fingerprint density at radius 2 is 1.55 bits per heavy atom. The smallest absolute Gasteiger partial charge is 0.335 e. The molecule has 42 heavy (non-hydrogen) atoms. The fourth-order valence-electron chi connectivity index (χ4n) is 5.28. The third-order valence-corrected chi connectivity index (χ3v) is 7.34. The van der Waals surface area contributed by atoms with Crippen LogP contribution in [-0.4, -0.2) is 38.5 Å². The van der Waals surface area contributed by atoms with Crippen LogP contribution in [0.5, 0.6) is 5.75 Å². The second-order valence-corrected chi connectivity index (χ2v) is 10.3. The second kappa shape index (κ2) is 14.1. The van der Waals surface area contributed by atoms with Gasteiger partial charge in [-0.25, -0.2) is 4.79 Å². The van der Waals surface area contributed by atoms with Gasteiger partial charge in [-0.3, -0.25) is 0 Å². The number of hydrogen-bond acceptors (Lipinski definition) is 5. The Labute approximate surface area is 248 Å². The summed E-state index contributed by atoms with van der Waals surface area (Å²) in [6.07, 6.45) is 3.99. The minimum atomic E-state index is -0.610. The predicted molar refractivity (Wildman–Crippen MR) is 167 cm³/mol. The fourth-order valence-corrected chi connectivity index (χ4v) is 5.28. The van der Waals surface area contributed by atoms with Gasteiger partial charge in [0.05, 0.1) is 13.2 Å². The lowest BCUT2D eigenvalue weighted by atomic mass is 9.92. The monoisotopic (exact) mass is 562 g/mol. The third-order valence-electron chi connectivity index (χ3n) is 7.34. The summed E-state index contributed by atoms with van der Waals surface area (Å²) in [6.45, 7) is 7.39. The zero-order valence-corrected chi connectivity index (χ0v) is 24.5. The lowest BCUT2D eigenvalue weighted by Gasteiger charge is -2.22. The van der Waals surface area contributed by atoms with E-state index in [4.69, 9.17) is 18.9 Å². The molecule has 0 heterocycles. The zero-order valence-electron chi connectivity index (χ0n) is 24.5. The highest BCUT2D eigenvalue weighted by Gasteiger charge is 2.23. The minimum Gasteiger partial charge on any atom is -0.491 e. The molecule has 0 bridgehead atoms. The minimum absolute atomic E-state index is 0.224. The Hall–Kier alpha value is -4.19. The van der Waals surface area contributed by atoms with E-state index in [9.17, 15) is 4.79 Å². The van der Waals surface area contributed by atoms with Crippen LogP contribution < -0.4 is 4.74 Å². The lowest BCUT2D eigenvalue weighted by molar-refractivity contribution is -0.156. The van der Waals surface area contributed by atoms with E-state index in [0.29, 0.717) is 32.8 Å². The lowest BCUT2D eigenvalue weighted by Crippen LogP contribution is -2.28. The highest BCUT2D eigenvalue weighted by Crippen LogP contribution is 2.38. The van der Waals surface area contributed by atoms with Gasteiger partial charge in [0.1, 0.15) is 18.5 Å². The van der Waals surface area contributed by atoms with Gasteiger partial charge in [0.25, 0.3) is 0 Å². The number of carbonyl (C=O) groups excluding carboxylic acids is 1. The van der Waals surface area contributed by atoms with Crippen molar-refractivity contribution in [1.29, 1.82) is 0 Å². The molecule has 216 valence electrons. The van der Waals surface area contributed by atoms with Crippen molar-refractivity contribution in [2.45, 2.75) is 39.4 Å². The number of aryl methyl sites for hydroxylation is 1. The maximum absolute atomic E-state index is 12.2. The molecule has 4 aromatic carbocycles. The van der Waals surface area contributed by atoms with Gasteiger partial charge in [0.2, 0.25) is 0 Å². The van der Waals surface area contributed by atoms with Crippen molar-refractivity contribution in [3.63, 3.8) is 0 Å². The normalized spacial score (nSPS) is 14.4. The molecule has 0 saturated heterocycles. The first-order chi connectivity index (χ1) is 20.6. The molecule has 2 atom stereocenters. The van der Waals surface area contributed by atoms with E-state index in [2.05, 4.69) is 79.7 Å². The molecule has 0 spiro atoms. The summed E-state index contributed by atoms with van der Waals surface area (Å²) in [4.78, 5) is 12.2. The first-order valence-corrected chi connectivity index (χ1v) is 14.6. The molecule has 0 radical (unpaired) electrons. The van der Waals surface area contributed by atoms with Crippen molar-refractivity contribution in [3.05, 3.63) is 124 Å². The van der Waals surface area contributed by atoms with Crippen LogP contribution in [-0.2, 0) is 25.4 Å². The topological polar surface area (TPSA) is 54.0 Å². The number of rotatable bonds is 12. The van der Waals surface area contributed by atoms with Gasteiger partial charge in [-0.15, -0.1) is 0 Å². The summed E-state index contributed by atoms with van der Waals surface area (Å²) in [5.74, 6) is 0.413. The molecule has 0 saturated carbocycles. The summed E-state index contributed by atoms with van der Waals surface area (Å²) in [7, 11) is 0. The molecule has 5 heteroatoms. The molecular weight excluding hydrogens is 524 g/mol. The number of carbonyl (C=O) groups is 1. The van der Waals surface area contributed by atoms with Gasteiger partial charge in [0.15, 0.2) is 6.10 Å². The molecule has 2 unspecified atom stereocenters. The van der Waals surface area contributed by atoms with E-state index < -0.39 is 6.10 Å². The molecule has 0 fully saturated rings. The van der Waals surface area contributed by atoms with Crippen LogP contribution in [0.3, 0.4) is 0 Å². The van der Waals surface area contributed by atoms with E-state index in [0.717, 1.165) is 33.6 Å². The average molecular weight is 563 g/mol. The van der Waals surface area contributed by atoms with Gasteiger partial charge >= 0.3 is 5.97 Å². The van der Waals surface area contributed by atoms with Gasteiger partial charge in [0, 0.05) is 13.0 Å². The third kappa shape index (κ3) is 7.17. The second-order valence-electron chi connectivity index (χ2n) is 10.3. The van der Waals surface area contributed by atoms with Crippen molar-refractivity contribution in [2.75, 3.05) is 26.4 Å². The molecule has 5 nitrogen and oxygen atoms in total. The quantitative estimate of drug-likeness (QED) is 0.130. The highest BCUT2D eigenvalue weighted by molar-refractivity contribution is 5.79. The Kier molecular flexibility index (Phi) is 9.86. The van der Waals surface area contributed by atoms with Crippen molar-refractivity contribution in [2.24, 2.45) is 0 Å². The maximum atomic E-state index is 12.2. The molecular formula is C37H38O5. The molecule has 0 aromatic heterocycles. The van der Waals surface area contributed by atoms with Gasteiger partial charge in [-0.1, -0.05) is 90.5 Å². The van der Waals surface area contributed by atoms with Crippen LogP contribution >= 0.6 is 0 Å². The SMILES string of the molecule is CCOC(=O)C(Cc1ccc(OCCOC2c3ccc(C)cc3C=Cc3ccc(-c4ccccc4)cc32)cc1)OCC. The molecule has 5 rings (SSSR count). The summed E-state index contributed by atoms with van der Waals surface area (Å²) in [6, 6.07) is 31.3. The number of hydrogen-bond donors (Lipinski definition) is 0. The van der Waals surface area contributed by atoms with Crippen LogP contribution in [0.4, 0.5) is 0 Å². The summed E-state index contributed by atoms with van der Waals surface area (Å²) >= 11 is 0. The van der Waals surface area contributed by atoms with E-state index >= 15 is 0 Å².